The van der Waals surface area contributed by atoms with Crippen molar-refractivity contribution in [2.45, 2.75) is 57.7 Å². The highest BCUT2D eigenvalue weighted by Crippen LogP contribution is 2.20. The van der Waals surface area contributed by atoms with Gasteiger partial charge in [0.25, 0.3) is 0 Å². The van der Waals surface area contributed by atoms with E-state index in [2.05, 4.69) is 16.7 Å². The molecule has 0 heterocycles. The molecule has 0 aromatic carbocycles. The minimum absolute atomic E-state index is 0.0985. The van der Waals surface area contributed by atoms with Crippen LogP contribution in [0, 0.1) is 0 Å². The third-order valence-electron chi connectivity index (χ3n) is 4.65. The van der Waals surface area contributed by atoms with Crippen LogP contribution in [0.25, 0.3) is 0 Å². The topological polar surface area (TPSA) is 73.0 Å². The Balaban J connectivity index is 4.87. The van der Waals surface area contributed by atoms with Crippen LogP contribution < -0.4 is 5.73 Å². The molecule has 0 amide bonds. The van der Waals surface area contributed by atoms with Gasteiger partial charge >= 0.3 is 0 Å². The highest BCUT2D eigenvalue weighted by molar-refractivity contribution is 4.94. The van der Waals surface area contributed by atoms with Gasteiger partial charge in [0, 0.05) is 29.7 Å². The van der Waals surface area contributed by atoms with Gasteiger partial charge in [0.15, 0.2) is 0 Å². The van der Waals surface area contributed by atoms with E-state index in [9.17, 15) is 10.2 Å². The third-order valence-corrected chi connectivity index (χ3v) is 4.65. The quantitative estimate of drug-likeness (QED) is 0.576. The second kappa shape index (κ2) is 7.18. The molecule has 0 rings (SSSR count). The summed E-state index contributed by atoms with van der Waals surface area (Å²) in [4.78, 5) is 4.21. The Hall–Kier alpha value is -0.200. The van der Waals surface area contributed by atoms with Crippen LogP contribution >= 0.6 is 0 Å². The second-order valence-electron chi connectivity index (χ2n) is 7.37. The Morgan fingerprint density at radius 3 is 1.35 bits per heavy atom. The molecule has 0 bridgehead atoms. The van der Waals surface area contributed by atoms with Crippen molar-refractivity contribution in [2.24, 2.45) is 5.73 Å². The lowest BCUT2D eigenvalue weighted by Gasteiger charge is -2.45. The van der Waals surface area contributed by atoms with Gasteiger partial charge in [0.2, 0.25) is 0 Å². The standard InChI is InChI=1S/C15H35N3O2/c1-8-15(16,9-17(6)13(2,3)11-19)10-18(7)14(4,5)12-20/h19-20H,8-12,16H2,1-7H3. The molecule has 0 fully saturated rings. The summed E-state index contributed by atoms with van der Waals surface area (Å²) in [5.74, 6) is 0. The van der Waals surface area contributed by atoms with Crippen LogP contribution in [0.2, 0.25) is 0 Å². The van der Waals surface area contributed by atoms with E-state index in [0.717, 1.165) is 6.42 Å². The van der Waals surface area contributed by atoms with Gasteiger partial charge in [-0.3, -0.25) is 9.80 Å². The molecule has 0 saturated carbocycles. The van der Waals surface area contributed by atoms with Gasteiger partial charge in [-0.25, -0.2) is 0 Å². The van der Waals surface area contributed by atoms with Gasteiger partial charge in [-0.1, -0.05) is 6.92 Å². The number of nitrogens with zero attached hydrogens (tertiary/aromatic N) is 2. The summed E-state index contributed by atoms with van der Waals surface area (Å²) in [6.07, 6.45) is 0.838. The zero-order valence-corrected chi connectivity index (χ0v) is 14.4. The summed E-state index contributed by atoms with van der Waals surface area (Å²) >= 11 is 0. The zero-order chi connectivity index (χ0) is 16.2. The molecular weight excluding hydrogens is 254 g/mol. The SMILES string of the molecule is CCC(N)(CN(C)C(C)(C)CO)CN(C)C(C)(C)CO. The average molecular weight is 289 g/mol. The van der Waals surface area contributed by atoms with E-state index in [4.69, 9.17) is 5.73 Å². The Kier molecular flexibility index (Phi) is 7.11. The minimum atomic E-state index is -0.373. The predicted octanol–water partition coefficient (Wildman–Crippen LogP) is 0.499. The highest BCUT2D eigenvalue weighted by Gasteiger charge is 2.34. The van der Waals surface area contributed by atoms with Crippen LogP contribution in [-0.4, -0.2) is 77.0 Å². The fourth-order valence-corrected chi connectivity index (χ4v) is 1.89. The monoisotopic (exact) mass is 289 g/mol. The fourth-order valence-electron chi connectivity index (χ4n) is 1.89. The summed E-state index contributed by atoms with van der Waals surface area (Å²) < 4.78 is 0. The molecule has 0 aliphatic heterocycles. The summed E-state index contributed by atoms with van der Waals surface area (Å²) in [6.45, 7) is 11.7. The van der Waals surface area contributed by atoms with Crippen LogP contribution in [0.1, 0.15) is 41.0 Å². The van der Waals surface area contributed by atoms with Crippen LogP contribution in [-0.2, 0) is 0 Å². The number of hydrogen-bond donors (Lipinski definition) is 3. The van der Waals surface area contributed by atoms with Crippen molar-refractivity contribution in [1.29, 1.82) is 0 Å². The number of aliphatic hydroxyl groups is 2. The molecule has 0 aliphatic rings. The van der Waals surface area contributed by atoms with Crippen molar-refractivity contribution in [3.63, 3.8) is 0 Å². The minimum Gasteiger partial charge on any atom is -0.394 e. The molecule has 0 spiro atoms. The Bertz CT molecular complexity index is 269. The van der Waals surface area contributed by atoms with Gasteiger partial charge in [0.1, 0.15) is 0 Å². The summed E-state index contributed by atoms with van der Waals surface area (Å²) in [6, 6.07) is 0. The van der Waals surface area contributed by atoms with E-state index in [1.807, 2.05) is 41.8 Å². The largest absolute Gasteiger partial charge is 0.394 e. The van der Waals surface area contributed by atoms with Gasteiger partial charge in [-0.2, -0.15) is 0 Å². The third kappa shape index (κ3) is 5.30. The van der Waals surface area contributed by atoms with Crippen molar-refractivity contribution >= 4 is 0 Å². The van der Waals surface area contributed by atoms with Gasteiger partial charge in [-0.15, -0.1) is 0 Å². The first-order valence-electron chi connectivity index (χ1n) is 7.37. The van der Waals surface area contributed by atoms with E-state index in [-0.39, 0.29) is 29.8 Å². The van der Waals surface area contributed by atoms with Gasteiger partial charge < -0.3 is 15.9 Å². The van der Waals surface area contributed by atoms with E-state index in [1.54, 1.807) is 0 Å². The Morgan fingerprint density at radius 1 is 0.850 bits per heavy atom. The summed E-state index contributed by atoms with van der Waals surface area (Å²) in [7, 11) is 3.98. The molecule has 122 valence electrons. The first-order chi connectivity index (χ1) is 8.94. The van der Waals surface area contributed by atoms with Crippen molar-refractivity contribution in [2.75, 3.05) is 40.4 Å². The molecule has 4 N–H and O–H groups in total. The van der Waals surface area contributed by atoms with Crippen molar-refractivity contribution < 1.29 is 10.2 Å². The smallest absolute Gasteiger partial charge is 0.0609 e. The predicted molar refractivity (Wildman–Crippen MR) is 84.8 cm³/mol. The summed E-state index contributed by atoms with van der Waals surface area (Å²) in [5, 5.41) is 18.9. The van der Waals surface area contributed by atoms with Gasteiger partial charge in [0.05, 0.1) is 13.2 Å². The van der Waals surface area contributed by atoms with Crippen LogP contribution in [0.3, 0.4) is 0 Å². The maximum absolute atomic E-state index is 9.46. The zero-order valence-electron chi connectivity index (χ0n) is 14.4. The molecule has 0 aliphatic carbocycles. The van der Waals surface area contributed by atoms with Crippen LogP contribution in [0.4, 0.5) is 0 Å². The number of hydrogen-bond acceptors (Lipinski definition) is 5. The number of nitrogens with two attached hydrogens (primary N) is 1. The lowest BCUT2D eigenvalue weighted by molar-refractivity contribution is 0.0275. The molecule has 0 unspecified atom stereocenters. The van der Waals surface area contributed by atoms with Gasteiger partial charge in [-0.05, 0) is 48.2 Å². The van der Waals surface area contributed by atoms with Crippen molar-refractivity contribution in [1.82, 2.24) is 9.80 Å². The number of aliphatic hydroxyl groups excluding tert-OH is 2. The average Bonchev–Trinajstić information content (AvgIpc) is 2.38. The maximum Gasteiger partial charge on any atom is 0.0609 e. The number of rotatable bonds is 9. The Morgan fingerprint density at radius 2 is 1.15 bits per heavy atom. The Labute approximate surface area is 124 Å². The highest BCUT2D eigenvalue weighted by atomic mass is 16.3. The first-order valence-corrected chi connectivity index (χ1v) is 7.37. The second-order valence-corrected chi connectivity index (χ2v) is 7.37. The van der Waals surface area contributed by atoms with E-state index < -0.39 is 0 Å². The molecule has 0 atom stereocenters. The van der Waals surface area contributed by atoms with Crippen molar-refractivity contribution in [3.8, 4) is 0 Å². The molecule has 0 saturated heterocycles. The molecular formula is C15H35N3O2. The molecule has 0 aromatic rings. The molecule has 5 nitrogen and oxygen atoms in total. The first kappa shape index (κ1) is 19.8. The van der Waals surface area contributed by atoms with E-state index in [0.29, 0.717) is 13.1 Å². The lowest BCUT2D eigenvalue weighted by atomic mass is 9.91. The number of likely N-dealkylation sites (N-methyl/N-ethyl adjacent to an activating group) is 2. The fraction of sp³-hybridized carbons (Fsp3) is 1.00. The molecule has 0 radical (unpaired) electrons. The van der Waals surface area contributed by atoms with Crippen LogP contribution in [0.5, 0.6) is 0 Å². The molecule has 5 heteroatoms. The van der Waals surface area contributed by atoms with Crippen molar-refractivity contribution in [3.05, 3.63) is 0 Å². The van der Waals surface area contributed by atoms with E-state index >= 15 is 0 Å². The van der Waals surface area contributed by atoms with Crippen LogP contribution in [0.15, 0.2) is 0 Å². The molecule has 0 aromatic heterocycles. The summed E-state index contributed by atoms with van der Waals surface area (Å²) in [5.41, 5.74) is 5.61. The lowest BCUT2D eigenvalue weighted by Crippen LogP contribution is -2.62. The molecule has 20 heavy (non-hydrogen) atoms. The van der Waals surface area contributed by atoms with E-state index in [1.165, 1.54) is 0 Å². The normalized spacial score (nSPS) is 14.4. The maximum atomic E-state index is 9.46.